The number of carbonyl (C=O) groups excluding carboxylic acids is 2. The Morgan fingerprint density at radius 3 is 2.72 bits per heavy atom. The molecule has 0 saturated carbocycles. The van der Waals surface area contributed by atoms with Crippen molar-refractivity contribution >= 4 is 17.5 Å². The Bertz CT molecular complexity index is 1040. The zero-order valence-electron chi connectivity index (χ0n) is 15.7. The number of hydrogen-bond acceptors (Lipinski definition) is 5. The maximum absolute atomic E-state index is 13.0. The van der Waals surface area contributed by atoms with Gasteiger partial charge in [0, 0.05) is 24.6 Å². The highest BCUT2D eigenvalue weighted by Crippen LogP contribution is 2.31. The van der Waals surface area contributed by atoms with Crippen LogP contribution in [-0.4, -0.2) is 43.4 Å². The molecular weight excluding hydrogens is 375 g/mol. The van der Waals surface area contributed by atoms with Gasteiger partial charge >= 0.3 is 0 Å². The average Bonchev–Trinajstić information content (AvgIpc) is 3.41. The van der Waals surface area contributed by atoms with E-state index in [1.54, 1.807) is 17.9 Å². The van der Waals surface area contributed by atoms with Gasteiger partial charge in [-0.25, -0.2) is 14.4 Å². The first-order valence-electron chi connectivity index (χ1n) is 9.24. The van der Waals surface area contributed by atoms with Crippen LogP contribution >= 0.6 is 0 Å². The summed E-state index contributed by atoms with van der Waals surface area (Å²) in [5, 5.41) is 9.22. The predicted molar refractivity (Wildman–Crippen MR) is 103 cm³/mol. The van der Waals surface area contributed by atoms with Gasteiger partial charge in [-0.15, -0.1) is 0 Å². The van der Waals surface area contributed by atoms with Gasteiger partial charge < -0.3 is 10.2 Å². The number of halogens is 1. The van der Waals surface area contributed by atoms with Gasteiger partial charge in [0.25, 0.3) is 11.8 Å². The van der Waals surface area contributed by atoms with Crippen molar-refractivity contribution in [1.82, 2.24) is 25.1 Å². The first-order chi connectivity index (χ1) is 14.0. The van der Waals surface area contributed by atoms with Gasteiger partial charge in [0.2, 0.25) is 0 Å². The van der Waals surface area contributed by atoms with Crippen molar-refractivity contribution in [1.29, 1.82) is 0 Å². The summed E-state index contributed by atoms with van der Waals surface area (Å²) in [6, 6.07) is 6.89. The van der Waals surface area contributed by atoms with Crippen LogP contribution in [0.3, 0.4) is 0 Å². The van der Waals surface area contributed by atoms with E-state index in [4.69, 9.17) is 0 Å². The highest BCUT2D eigenvalue weighted by molar-refractivity contribution is 6.04. The molecule has 3 heterocycles. The van der Waals surface area contributed by atoms with Crippen LogP contribution in [0.2, 0.25) is 0 Å². The van der Waals surface area contributed by atoms with Crippen molar-refractivity contribution in [2.24, 2.45) is 0 Å². The van der Waals surface area contributed by atoms with Crippen LogP contribution in [0.5, 0.6) is 0 Å². The number of aromatic nitrogens is 4. The zero-order chi connectivity index (χ0) is 20.4. The maximum Gasteiger partial charge on any atom is 0.272 e. The van der Waals surface area contributed by atoms with Crippen molar-refractivity contribution < 1.29 is 14.0 Å². The van der Waals surface area contributed by atoms with E-state index in [2.05, 4.69) is 25.5 Å². The van der Waals surface area contributed by atoms with Gasteiger partial charge in [-0.2, -0.15) is 5.10 Å². The Labute approximate surface area is 166 Å². The van der Waals surface area contributed by atoms with Gasteiger partial charge in [0.15, 0.2) is 5.82 Å². The van der Waals surface area contributed by atoms with E-state index >= 15 is 0 Å². The molecule has 148 valence electrons. The molecule has 0 unspecified atom stereocenters. The third-order valence-corrected chi connectivity index (χ3v) is 4.89. The maximum atomic E-state index is 13.0. The molecule has 1 saturated heterocycles. The summed E-state index contributed by atoms with van der Waals surface area (Å²) in [6.07, 6.45) is 4.60. The highest BCUT2D eigenvalue weighted by Gasteiger charge is 2.33. The molecule has 1 atom stereocenters. The SMILES string of the molecule is Cc1nc([C@@H]2CCCN2C(=O)c2ccn[nH]2)ncc1C(=O)Nc1ccc(F)cc1. The van der Waals surface area contributed by atoms with E-state index in [1.165, 1.54) is 36.7 Å². The molecular formula is C20H19FN6O2. The van der Waals surface area contributed by atoms with Crippen LogP contribution in [0.4, 0.5) is 10.1 Å². The molecule has 2 N–H and O–H groups in total. The van der Waals surface area contributed by atoms with E-state index in [9.17, 15) is 14.0 Å². The second-order valence-electron chi connectivity index (χ2n) is 6.82. The Morgan fingerprint density at radius 1 is 1.24 bits per heavy atom. The smallest absolute Gasteiger partial charge is 0.272 e. The van der Waals surface area contributed by atoms with E-state index in [1.807, 2.05) is 0 Å². The minimum Gasteiger partial charge on any atom is -0.327 e. The number of nitrogens with zero attached hydrogens (tertiary/aromatic N) is 4. The number of amides is 2. The Hall–Kier alpha value is -3.62. The summed E-state index contributed by atoms with van der Waals surface area (Å²) in [6.45, 7) is 2.33. The van der Waals surface area contributed by atoms with Crippen LogP contribution in [0.15, 0.2) is 42.7 Å². The zero-order valence-corrected chi connectivity index (χ0v) is 15.7. The summed E-state index contributed by atoms with van der Waals surface area (Å²) >= 11 is 0. The quantitative estimate of drug-likeness (QED) is 0.708. The number of anilines is 1. The van der Waals surface area contributed by atoms with Crippen molar-refractivity contribution in [2.45, 2.75) is 25.8 Å². The Balaban J connectivity index is 1.52. The third-order valence-electron chi connectivity index (χ3n) is 4.89. The molecule has 29 heavy (non-hydrogen) atoms. The molecule has 2 amide bonds. The van der Waals surface area contributed by atoms with E-state index in [-0.39, 0.29) is 23.7 Å². The molecule has 4 rings (SSSR count). The van der Waals surface area contributed by atoms with Crippen LogP contribution in [0.25, 0.3) is 0 Å². The number of likely N-dealkylation sites (tertiary alicyclic amines) is 1. The molecule has 1 aliphatic heterocycles. The molecule has 1 aliphatic rings. The molecule has 3 aromatic rings. The normalized spacial score (nSPS) is 16.1. The van der Waals surface area contributed by atoms with Crippen molar-refractivity contribution in [3.05, 3.63) is 71.3 Å². The molecule has 9 heteroatoms. The third kappa shape index (κ3) is 3.84. The first-order valence-corrected chi connectivity index (χ1v) is 9.24. The summed E-state index contributed by atoms with van der Waals surface area (Å²) in [4.78, 5) is 35.8. The van der Waals surface area contributed by atoms with Crippen molar-refractivity contribution in [2.75, 3.05) is 11.9 Å². The minimum atomic E-state index is -0.377. The molecule has 2 aromatic heterocycles. The molecule has 0 bridgehead atoms. The van der Waals surface area contributed by atoms with Crippen LogP contribution in [0, 0.1) is 12.7 Å². The van der Waals surface area contributed by atoms with Crippen LogP contribution in [-0.2, 0) is 0 Å². The lowest BCUT2D eigenvalue weighted by Gasteiger charge is -2.23. The second kappa shape index (κ2) is 7.78. The second-order valence-corrected chi connectivity index (χ2v) is 6.82. The van der Waals surface area contributed by atoms with Gasteiger partial charge in [-0.1, -0.05) is 0 Å². The lowest BCUT2D eigenvalue weighted by atomic mass is 10.1. The number of nitrogens with one attached hydrogen (secondary N) is 2. The number of aryl methyl sites for hydroxylation is 1. The number of rotatable bonds is 4. The molecule has 0 spiro atoms. The summed E-state index contributed by atoms with van der Waals surface area (Å²) in [5.41, 5.74) is 1.73. The molecule has 8 nitrogen and oxygen atoms in total. The van der Waals surface area contributed by atoms with Crippen molar-refractivity contribution in [3.8, 4) is 0 Å². The average molecular weight is 394 g/mol. The van der Waals surface area contributed by atoms with Gasteiger partial charge in [0.05, 0.1) is 17.3 Å². The van der Waals surface area contributed by atoms with E-state index < -0.39 is 0 Å². The standard InChI is InChI=1S/C20H19FN6O2/c1-12-15(19(28)25-14-6-4-13(21)5-7-14)11-22-18(24-12)17-3-2-10-27(17)20(29)16-8-9-23-26-16/h4-9,11,17H,2-3,10H2,1H3,(H,23,26)(H,25,28)/t17-/m0/s1. The minimum absolute atomic E-state index is 0.149. The van der Waals surface area contributed by atoms with Crippen LogP contribution < -0.4 is 5.32 Å². The fourth-order valence-corrected chi connectivity index (χ4v) is 3.41. The van der Waals surface area contributed by atoms with E-state index in [0.29, 0.717) is 35.0 Å². The largest absolute Gasteiger partial charge is 0.327 e. The molecule has 0 aliphatic carbocycles. The molecule has 0 radical (unpaired) electrons. The van der Waals surface area contributed by atoms with Crippen molar-refractivity contribution in [3.63, 3.8) is 0 Å². The monoisotopic (exact) mass is 394 g/mol. The lowest BCUT2D eigenvalue weighted by molar-refractivity contribution is 0.0723. The fourth-order valence-electron chi connectivity index (χ4n) is 3.41. The first kappa shape index (κ1) is 18.7. The Morgan fingerprint density at radius 2 is 2.03 bits per heavy atom. The van der Waals surface area contributed by atoms with E-state index in [0.717, 1.165) is 12.8 Å². The number of H-pyrrole nitrogens is 1. The number of carbonyl (C=O) groups is 2. The number of aromatic amines is 1. The fraction of sp³-hybridized carbons (Fsp3) is 0.250. The van der Waals surface area contributed by atoms with Crippen LogP contribution in [0.1, 0.15) is 51.2 Å². The molecule has 1 aromatic carbocycles. The van der Waals surface area contributed by atoms with Gasteiger partial charge in [-0.3, -0.25) is 14.7 Å². The predicted octanol–water partition coefficient (Wildman–Crippen LogP) is 2.88. The summed E-state index contributed by atoms with van der Waals surface area (Å²) in [7, 11) is 0. The Kier molecular flexibility index (Phi) is 5.03. The number of hydrogen-bond donors (Lipinski definition) is 2. The lowest BCUT2D eigenvalue weighted by Crippen LogP contribution is -2.32. The highest BCUT2D eigenvalue weighted by atomic mass is 19.1. The van der Waals surface area contributed by atoms with Gasteiger partial charge in [-0.05, 0) is 50.1 Å². The topological polar surface area (TPSA) is 104 Å². The summed E-state index contributed by atoms with van der Waals surface area (Å²) < 4.78 is 13.0. The summed E-state index contributed by atoms with van der Waals surface area (Å²) in [5.74, 6) is -0.397. The number of benzene rings is 1. The molecule has 1 fully saturated rings. The van der Waals surface area contributed by atoms with Gasteiger partial charge in [0.1, 0.15) is 11.5 Å².